The van der Waals surface area contributed by atoms with E-state index in [9.17, 15) is 4.79 Å². The van der Waals surface area contributed by atoms with Crippen molar-refractivity contribution < 1.29 is 14.7 Å². The molecule has 0 aromatic heterocycles. The highest BCUT2D eigenvalue weighted by atomic mass is 35.5. The fraction of sp³-hybridized carbons (Fsp3) is 0.364. The van der Waals surface area contributed by atoms with E-state index in [1.54, 1.807) is 12.1 Å². The smallest absolute Gasteiger partial charge is 0.319 e. The lowest BCUT2D eigenvalue weighted by atomic mass is 9.79. The Balaban J connectivity index is 0.000000941. The van der Waals surface area contributed by atoms with Gasteiger partial charge in [-0.2, -0.15) is 0 Å². The fourth-order valence-electron chi connectivity index (χ4n) is 3.44. The van der Waals surface area contributed by atoms with Gasteiger partial charge in [0.15, 0.2) is 0 Å². The Hall–Kier alpha value is -2.24. The summed E-state index contributed by atoms with van der Waals surface area (Å²) < 4.78 is 0. The van der Waals surface area contributed by atoms with Gasteiger partial charge in [0.2, 0.25) is 0 Å². The minimum Gasteiger partial charge on any atom is -0.483 e. The third-order valence-corrected chi connectivity index (χ3v) is 5.83. The van der Waals surface area contributed by atoms with E-state index in [1.165, 1.54) is 31.2 Å². The number of urea groups is 1. The van der Waals surface area contributed by atoms with Crippen molar-refractivity contribution in [2.75, 3.05) is 5.32 Å². The molecule has 0 unspecified atom stereocenters. The highest BCUT2D eigenvalue weighted by Crippen LogP contribution is 2.35. The molecule has 5 nitrogen and oxygen atoms in total. The summed E-state index contributed by atoms with van der Waals surface area (Å²) in [7, 11) is 0. The van der Waals surface area contributed by atoms with Crippen molar-refractivity contribution >= 4 is 41.4 Å². The van der Waals surface area contributed by atoms with Crippen molar-refractivity contribution in [3.05, 3.63) is 63.6 Å². The summed E-state index contributed by atoms with van der Waals surface area (Å²) in [5, 5.41) is 13.6. The molecule has 0 spiro atoms. The molecule has 156 valence electrons. The van der Waals surface area contributed by atoms with Crippen LogP contribution in [-0.4, -0.2) is 17.6 Å². The molecule has 1 aliphatic carbocycles. The Morgan fingerprint density at radius 2 is 1.69 bits per heavy atom. The molecule has 1 aliphatic rings. The summed E-state index contributed by atoms with van der Waals surface area (Å²) in [5.74, 6) is 1.51. The molecule has 2 amide bonds. The van der Waals surface area contributed by atoms with Crippen LogP contribution in [0, 0.1) is 5.92 Å². The van der Waals surface area contributed by atoms with Gasteiger partial charge in [-0.1, -0.05) is 61.2 Å². The molecule has 0 heterocycles. The molecule has 0 bridgehead atoms. The SMILES string of the molecule is CC1CCC(c2ccc(NC(=O)NCc3ccc(Cl)c(Cl)c3)cc2)CC1.O=CO. The van der Waals surface area contributed by atoms with Gasteiger partial charge in [0, 0.05) is 12.2 Å². The number of anilines is 1. The Bertz CT molecular complexity index is 804. The van der Waals surface area contributed by atoms with Crippen LogP contribution in [0.5, 0.6) is 0 Å². The molecular weight excluding hydrogens is 411 g/mol. The van der Waals surface area contributed by atoms with Crippen LogP contribution in [-0.2, 0) is 11.3 Å². The molecule has 0 aliphatic heterocycles. The summed E-state index contributed by atoms with van der Waals surface area (Å²) in [5.41, 5.74) is 3.07. The quantitative estimate of drug-likeness (QED) is 0.491. The van der Waals surface area contributed by atoms with Gasteiger partial charge in [-0.05, 0) is 60.1 Å². The van der Waals surface area contributed by atoms with E-state index in [0.717, 1.165) is 17.2 Å². The average Bonchev–Trinajstić information content (AvgIpc) is 2.71. The number of nitrogens with one attached hydrogen (secondary N) is 2. The number of carbonyl (C=O) groups excluding carboxylic acids is 1. The molecule has 29 heavy (non-hydrogen) atoms. The molecule has 0 atom stereocenters. The second-order valence-corrected chi connectivity index (χ2v) is 8.05. The van der Waals surface area contributed by atoms with E-state index >= 15 is 0 Å². The summed E-state index contributed by atoms with van der Waals surface area (Å²) in [6.07, 6.45) is 5.14. The summed E-state index contributed by atoms with van der Waals surface area (Å²) in [4.78, 5) is 20.4. The summed E-state index contributed by atoms with van der Waals surface area (Å²) in [6, 6.07) is 13.3. The minimum atomic E-state index is -0.250. The van der Waals surface area contributed by atoms with Gasteiger partial charge in [-0.15, -0.1) is 0 Å². The molecule has 0 radical (unpaired) electrons. The van der Waals surface area contributed by atoms with Gasteiger partial charge in [-0.3, -0.25) is 4.79 Å². The van der Waals surface area contributed by atoms with Gasteiger partial charge in [0.05, 0.1) is 10.0 Å². The zero-order chi connectivity index (χ0) is 21.2. The third kappa shape index (κ3) is 7.59. The normalized spacial score (nSPS) is 18.2. The average molecular weight is 437 g/mol. The monoisotopic (exact) mass is 436 g/mol. The summed E-state index contributed by atoms with van der Waals surface area (Å²) >= 11 is 11.9. The largest absolute Gasteiger partial charge is 0.483 e. The lowest BCUT2D eigenvalue weighted by Gasteiger charge is -2.26. The number of hydrogen-bond donors (Lipinski definition) is 3. The minimum absolute atomic E-state index is 0.240. The van der Waals surface area contributed by atoms with Gasteiger partial charge >= 0.3 is 6.03 Å². The molecule has 3 rings (SSSR count). The molecule has 1 fully saturated rings. The van der Waals surface area contributed by atoms with Gasteiger partial charge in [0.25, 0.3) is 6.47 Å². The number of halogens is 2. The van der Waals surface area contributed by atoms with Crippen LogP contribution in [0.4, 0.5) is 10.5 Å². The molecule has 2 aromatic carbocycles. The van der Waals surface area contributed by atoms with E-state index in [4.69, 9.17) is 33.1 Å². The van der Waals surface area contributed by atoms with E-state index < -0.39 is 0 Å². The van der Waals surface area contributed by atoms with Gasteiger partial charge < -0.3 is 15.7 Å². The molecular formula is C22H26Cl2N2O3. The Kier molecular flexibility index (Phi) is 9.29. The van der Waals surface area contributed by atoms with Crippen LogP contribution >= 0.6 is 23.2 Å². The lowest BCUT2D eigenvalue weighted by Crippen LogP contribution is -2.28. The maximum atomic E-state index is 12.1. The second-order valence-electron chi connectivity index (χ2n) is 7.24. The predicted molar refractivity (Wildman–Crippen MR) is 118 cm³/mol. The summed E-state index contributed by atoms with van der Waals surface area (Å²) in [6.45, 7) is 2.47. The number of hydrogen-bond acceptors (Lipinski definition) is 2. The van der Waals surface area contributed by atoms with Crippen LogP contribution in [0.2, 0.25) is 10.0 Å². The van der Waals surface area contributed by atoms with Crippen LogP contribution in [0.3, 0.4) is 0 Å². The van der Waals surface area contributed by atoms with Crippen molar-refractivity contribution in [2.24, 2.45) is 5.92 Å². The fourth-order valence-corrected chi connectivity index (χ4v) is 3.76. The molecule has 1 saturated carbocycles. The first kappa shape index (κ1) is 23.0. The number of carboxylic acid groups (broad SMARTS) is 1. The molecule has 3 N–H and O–H groups in total. The van der Waals surface area contributed by atoms with E-state index in [1.807, 2.05) is 18.2 Å². The Labute approximate surface area is 181 Å². The van der Waals surface area contributed by atoms with Crippen LogP contribution < -0.4 is 10.6 Å². The lowest BCUT2D eigenvalue weighted by molar-refractivity contribution is -0.122. The highest BCUT2D eigenvalue weighted by molar-refractivity contribution is 6.42. The molecule has 0 saturated heterocycles. The predicted octanol–water partition coefficient (Wildman–Crippen LogP) is 6.31. The van der Waals surface area contributed by atoms with Crippen molar-refractivity contribution in [1.29, 1.82) is 0 Å². The van der Waals surface area contributed by atoms with E-state index in [0.29, 0.717) is 22.5 Å². The van der Waals surface area contributed by atoms with Crippen molar-refractivity contribution in [1.82, 2.24) is 5.32 Å². The molecule has 7 heteroatoms. The number of rotatable bonds is 4. The van der Waals surface area contributed by atoms with Gasteiger partial charge in [-0.25, -0.2) is 4.79 Å². The van der Waals surface area contributed by atoms with Crippen molar-refractivity contribution in [2.45, 2.75) is 45.1 Å². The maximum absolute atomic E-state index is 12.1. The molecule has 2 aromatic rings. The second kappa shape index (κ2) is 11.7. The number of amides is 2. The Morgan fingerprint density at radius 3 is 2.28 bits per heavy atom. The van der Waals surface area contributed by atoms with Crippen LogP contribution in [0.1, 0.15) is 49.7 Å². The topological polar surface area (TPSA) is 78.4 Å². The van der Waals surface area contributed by atoms with E-state index in [2.05, 4.69) is 29.7 Å². The van der Waals surface area contributed by atoms with Crippen molar-refractivity contribution in [3.8, 4) is 0 Å². The zero-order valence-corrected chi connectivity index (χ0v) is 17.8. The van der Waals surface area contributed by atoms with E-state index in [-0.39, 0.29) is 12.5 Å². The zero-order valence-electron chi connectivity index (χ0n) is 16.3. The Morgan fingerprint density at radius 1 is 1.07 bits per heavy atom. The standard InChI is InChI=1S/C21H24Cl2N2O.CH2O2/c1-14-2-5-16(6-3-14)17-7-9-18(10-8-17)25-21(26)24-13-15-4-11-19(22)20(23)12-15;2-1-3/h4,7-12,14,16H,2-3,5-6,13H2,1H3,(H2,24,25,26);1H,(H,2,3). The van der Waals surface area contributed by atoms with Crippen LogP contribution in [0.25, 0.3) is 0 Å². The highest BCUT2D eigenvalue weighted by Gasteiger charge is 2.19. The maximum Gasteiger partial charge on any atom is 0.319 e. The van der Waals surface area contributed by atoms with Gasteiger partial charge in [0.1, 0.15) is 0 Å². The first-order valence-corrected chi connectivity index (χ1v) is 10.3. The van der Waals surface area contributed by atoms with Crippen LogP contribution in [0.15, 0.2) is 42.5 Å². The first-order chi connectivity index (χ1) is 13.9. The number of carbonyl (C=O) groups is 2. The third-order valence-electron chi connectivity index (χ3n) is 5.09. The first-order valence-electron chi connectivity index (χ1n) is 9.59. The number of benzene rings is 2. The van der Waals surface area contributed by atoms with Crippen molar-refractivity contribution in [3.63, 3.8) is 0 Å².